The standard InChI is InChI=1S/C39H38N2OS2/c1-4-6-8-27-10-14-30(15-11-27)35-22-24-37(43-35)34-26-33(29-18-20-32(42-3)21-19-29)39(41-40-34)38-25-23-36(44-38)31-16-12-28(13-17-31)9-7-5-2/h10-26H,4-9H2,1-3H3. The minimum atomic E-state index is 0.835. The molecule has 0 spiro atoms. The molecule has 0 amide bonds. The zero-order valence-electron chi connectivity index (χ0n) is 25.7. The van der Waals surface area contributed by atoms with Gasteiger partial charge in [0.05, 0.1) is 16.9 Å². The summed E-state index contributed by atoms with van der Waals surface area (Å²) in [5, 5.41) is 9.62. The molecule has 6 aromatic rings. The fourth-order valence-corrected chi connectivity index (χ4v) is 7.35. The van der Waals surface area contributed by atoms with Gasteiger partial charge in [0.25, 0.3) is 0 Å². The van der Waals surface area contributed by atoms with Crippen LogP contribution in [0.25, 0.3) is 53.2 Å². The van der Waals surface area contributed by atoms with Crippen molar-refractivity contribution in [2.45, 2.75) is 52.4 Å². The average Bonchev–Trinajstić information content (AvgIpc) is 3.78. The third kappa shape index (κ3) is 6.85. The Morgan fingerprint density at radius 3 is 1.59 bits per heavy atom. The number of hydrogen-bond acceptors (Lipinski definition) is 5. The van der Waals surface area contributed by atoms with E-state index in [-0.39, 0.29) is 0 Å². The number of thiophene rings is 2. The first kappa shape index (κ1) is 30.0. The Balaban J connectivity index is 1.32. The quantitative estimate of drug-likeness (QED) is 0.138. The van der Waals surface area contributed by atoms with Crippen LogP contribution < -0.4 is 4.74 Å². The number of methoxy groups -OCH3 is 1. The molecule has 5 heteroatoms. The van der Waals surface area contributed by atoms with Crippen LogP contribution in [0.15, 0.2) is 103 Å². The van der Waals surface area contributed by atoms with Crippen LogP contribution in [0.1, 0.15) is 50.7 Å². The van der Waals surface area contributed by atoms with Crippen LogP contribution in [-0.2, 0) is 12.8 Å². The molecule has 0 bridgehead atoms. The first-order valence-electron chi connectivity index (χ1n) is 15.6. The molecule has 0 saturated heterocycles. The molecule has 3 nitrogen and oxygen atoms in total. The Bertz CT molecular complexity index is 1800. The van der Waals surface area contributed by atoms with Gasteiger partial charge in [0.1, 0.15) is 17.1 Å². The van der Waals surface area contributed by atoms with Crippen molar-refractivity contribution in [2.75, 3.05) is 7.11 Å². The van der Waals surface area contributed by atoms with Crippen molar-refractivity contribution in [2.24, 2.45) is 0 Å². The van der Waals surface area contributed by atoms with Crippen molar-refractivity contribution in [1.29, 1.82) is 0 Å². The number of nitrogens with zero attached hydrogens (tertiary/aromatic N) is 2. The fraction of sp³-hybridized carbons (Fsp3) is 0.231. The van der Waals surface area contributed by atoms with E-state index in [1.54, 1.807) is 29.8 Å². The molecule has 3 aromatic heterocycles. The van der Waals surface area contributed by atoms with Gasteiger partial charge in [-0.1, -0.05) is 87.4 Å². The molecule has 0 fully saturated rings. The van der Waals surface area contributed by atoms with Gasteiger partial charge in [-0.3, -0.25) is 0 Å². The number of rotatable bonds is 12. The molecule has 0 aliphatic heterocycles. The second-order valence-electron chi connectivity index (χ2n) is 11.1. The lowest BCUT2D eigenvalue weighted by molar-refractivity contribution is 0.415. The average molecular weight is 615 g/mol. The van der Waals surface area contributed by atoms with Crippen molar-refractivity contribution < 1.29 is 4.74 Å². The molecule has 0 N–H and O–H groups in total. The van der Waals surface area contributed by atoms with Gasteiger partial charge < -0.3 is 4.74 Å². The number of aryl methyl sites for hydroxylation is 2. The van der Waals surface area contributed by atoms with Crippen molar-refractivity contribution >= 4 is 22.7 Å². The third-order valence-corrected chi connectivity index (χ3v) is 10.3. The Hall–Kier alpha value is -4.06. The summed E-state index contributed by atoms with van der Waals surface area (Å²) in [4.78, 5) is 4.69. The first-order chi connectivity index (χ1) is 21.6. The van der Waals surface area contributed by atoms with Crippen LogP contribution in [-0.4, -0.2) is 17.3 Å². The lowest BCUT2D eigenvalue weighted by Gasteiger charge is -2.10. The van der Waals surface area contributed by atoms with Gasteiger partial charge in [-0.15, -0.1) is 32.9 Å². The Morgan fingerprint density at radius 1 is 0.545 bits per heavy atom. The van der Waals surface area contributed by atoms with Gasteiger partial charge in [-0.05, 0) is 96.0 Å². The number of hydrogen-bond donors (Lipinski definition) is 0. The number of aromatic nitrogens is 2. The highest BCUT2D eigenvalue weighted by atomic mass is 32.1. The summed E-state index contributed by atoms with van der Waals surface area (Å²) < 4.78 is 5.44. The predicted octanol–water partition coefficient (Wildman–Crippen LogP) is 11.6. The van der Waals surface area contributed by atoms with Gasteiger partial charge in [0.2, 0.25) is 0 Å². The largest absolute Gasteiger partial charge is 0.497 e. The zero-order chi connectivity index (χ0) is 30.3. The summed E-state index contributed by atoms with van der Waals surface area (Å²) in [7, 11) is 1.70. The highest BCUT2D eigenvalue weighted by molar-refractivity contribution is 7.19. The minimum Gasteiger partial charge on any atom is -0.497 e. The second kappa shape index (κ2) is 14.1. The number of ether oxygens (including phenoxy) is 1. The molecule has 3 aromatic carbocycles. The molecule has 3 heterocycles. The van der Waals surface area contributed by atoms with E-state index in [0.717, 1.165) is 50.9 Å². The van der Waals surface area contributed by atoms with E-state index in [9.17, 15) is 0 Å². The van der Waals surface area contributed by atoms with E-state index in [1.807, 2.05) is 12.1 Å². The monoisotopic (exact) mass is 614 g/mol. The van der Waals surface area contributed by atoms with Gasteiger partial charge in [0, 0.05) is 15.3 Å². The molecular formula is C39H38N2OS2. The highest BCUT2D eigenvalue weighted by Crippen LogP contribution is 2.41. The molecular weight excluding hydrogens is 577 g/mol. The van der Waals surface area contributed by atoms with Crippen molar-refractivity contribution in [3.63, 3.8) is 0 Å². The summed E-state index contributed by atoms with van der Waals surface area (Å²) in [5.41, 5.74) is 9.22. The van der Waals surface area contributed by atoms with Crippen molar-refractivity contribution in [3.8, 4) is 58.9 Å². The molecule has 6 rings (SSSR count). The Kier molecular flexibility index (Phi) is 9.64. The van der Waals surface area contributed by atoms with Crippen molar-refractivity contribution in [1.82, 2.24) is 10.2 Å². The highest BCUT2D eigenvalue weighted by Gasteiger charge is 2.17. The minimum absolute atomic E-state index is 0.835. The molecule has 0 aliphatic carbocycles. The Labute approximate surface area is 269 Å². The lowest BCUT2D eigenvalue weighted by atomic mass is 10.0. The zero-order valence-corrected chi connectivity index (χ0v) is 27.3. The Morgan fingerprint density at radius 2 is 1.05 bits per heavy atom. The summed E-state index contributed by atoms with van der Waals surface area (Å²) >= 11 is 3.53. The molecule has 0 aliphatic rings. The van der Waals surface area contributed by atoms with E-state index >= 15 is 0 Å². The predicted molar refractivity (Wildman–Crippen MR) is 189 cm³/mol. The van der Waals surface area contributed by atoms with Crippen molar-refractivity contribution in [3.05, 3.63) is 114 Å². The first-order valence-corrected chi connectivity index (χ1v) is 17.2. The molecule has 0 radical (unpaired) electrons. The number of benzene rings is 3. The second-order valence-corrected chi connectivity index (χ2v) is 13.3. The fourth-order valence-electron chi connectivity index (χ4n) is 5.37. The third-order valence-electron chi connectivity index (χ3n) is 8.01. The van der Waals surface area contributed by atoms with Crippen LogP contribution in [0.5, 0.6) is 5.75 Å². The molecule has 0 saturated carbocycles. The topological polar surface area (TPSA) is 35.0 Å². The summed E-state index contributed by atoms with van der Waals surface area (Å²) in [6, 6.07) is 37.2. The summed E-state index contributed by atoms with van der Waals surface area (Å²) in [6.07, 6.45) is 7.16. The van der Waals surface area contributed by atoms with E-state index in [0.29, 0.717) is 0 Å². The van der Waals surface area contributed by atoms with E-state index in [1.165, 1.54) is 57.7 Å². The van der Waals surface area contributed by atoms with Crippen LogP contribution in [0.3, 0.4) is 0 Å². The van der Waals surface area contributed by atoms with E-state index < -0.39 is 0 Å². The molecule has 44 heavy (non-hydrogen) atoms. The number of unbranched alkanes of at least 4 members (excludes halogenated alkanes) is 2. The molecule has 222 valence electrons. The van der Waals surface area contributed by atoms with Gasteiger partial charge in [-0.25, -0.2) is 0 Å². The van der Waals surface area contributed by atoms with Gasteiger partial charge in [-0.2, -0.15) is 0 Å². The van der Waals surface area contributed by atoms with Gasteiger partial charge >= 0.3 is 0 Å². The van der Waals surface area contributed by atoms with E-state index in [4.69, 9.17) is 14.9 Å². The summed E-state index contributed by atoms with van der Waals surface area (Å²) in [6.45, 7) is 4.48. The van der Waals surface area contributed by atoms with E-state index in [2.05, 4.69) is 105 Å². The lowest BCUT2D eigenvalue weighted by Crippen LogP contribution is -1.94. The smallest absolute Gasteiger partial charge is 0.118 e. The van der Waals surface area contributed by atoms with Crippen LogP contribution in [0, 0.1) is 0 Å². The molecule has 0 atom stereocenters. The maximum absolute atomic E-state index is 5.44. The van der Waals surface area contributed by atoms with Crippen LogP contribution >= 0.6 is 22.7 Å². The van der Waals surface area contributed by atoms with Gasteiger partial charge in [0.15, 0.2) is 0 Å². The maximum atomic E-state index is 5.44. The normalized spacial score (nSPS) is 11.2. The SMILES string of the molecule is CCCCc1ccc(-c2ccc(-c3cc(-c4ccc(OC)cc4)c(-c4ccc(-c5ccc(CCCC)cc5)s4)nn3)s2)cc1. The maximum Gasteiger partial charge on any atom is 0.118 e. The van der Waals surface area contributed by atoms with Crippen LogP contribution in [0.4, 0.5) is 0 Å². The van der Waals surface area contributed by atoms with Crippen LogP contribution in [0.2, 0.25) is 0 Å². The molecule has 0 unspecified atom stereocenters. The summed E-state index contributed by atoms with van der Waals surface area (Å²) in [5.74, 6) is 0.835.